The minimum Gasteiger partial charge on any atom is -0.355 e. The number of hydrogen-bond acceptors (Lipinski definition) is 3. The van der Waals surface area contributed by atoms with Crippen LogP contribution in [0.15, 0.2) is 46.3 Å². The number of thioether (sulfide) groups is 1. The summed E-state index contributed by atoms with van der Waals surface area (Å²) in [7, 11) is 1.83. The number of nitrogens with one attached hydrogen (secondary N) is 1. The molecule has 3 rings (SSSR count). The molecule has 4 nitrogen and oxygen atoms in total. The molecule has 0 saturated carbocycles. The summed E-state index contributed by atoms with van der Waals surface area (Å²) in [6.45, 7) is 4.99. The van der Waals surface area contributed by atoms with Crippen molar-refractivity contribution in [2.24, 2.45) is 4.99 Å². The van der Waals surface area contributed by atoms with Crippen molar-refractivity contribution in [2.45, 2.75) is 17.4 Å². The lowest BCUT2D eigenvalue weighted by molar-refractivity contribution is 0.259. The van der Waals surface area contributed by atoms with Crippen LogP contribution in [0.4, 0.5) is 4.39 Å². The van der Waals surface area contributed by atoms with Gasteiger partial charge in [0.05, 0.1) is 0 Å². The van der Waals surface area contributed by atoms with Gasteiger partial charge in [-0.1, -0.05) is 24.3 Å². The van der Waals surface area contributed by atoms with Crippen LogP contribution in [0.5, 0.6) is 0 Å². The molecule has 0 aromatic heterocycles. The van der Waals surface area contributed by atoms with Crippen LogP contribution in [0, 0.1) is 5.82 Å². The molecule has 1 aromatic rings. The maximum absolute atomic E-state index is 13.6. The zero-order valence-corrected chi connectivity index (χ0v) is 17.7. The third kappa shape index (κ3) is 5.59. The van der Waals surface area contributed by atoms with E-state index in [1.165, 1.54) is 24.2 Å². The molecule has 2 aliphatic heterocycles. The normalized spacial score (nSPS) is 20.8. The van der Waals surface area contributed by atoms with Gasteiger partial charge in [-0.3, -0.25) is 9.89 Å². The van der Waals surface area contributed by atoms with E-state index in [-0.39, 0.29) is 29.8 Å². The molecule has 1 N–H and O–H groups in total. The Morgan fingerprint density at radius 2 is 2.08 bits per heavy atom. The first-order chi connectivity index (χ1) is 11.8. The lowest BCUT2D eigenvalue weighted by Gasteiger charge is -2.25. The fourth-order valence-electron chi connectivity index (χ4n) is 3.24. The molecule has 0 spiro atoms. The van der Waals surface area contributed by atoms with E-state index in [0.29, 0.717) is 10.9 Å². The second-order valence-electron chi connectivity index (χ2n) is 6.07. The molecular formula is C18H26FIN4S. The molecule has 2 aliphatic rings. The van der Waals surface area contributed by atoms with Gasteiger partial charge in [0, 0.05) is 56.5 Å². The largest absolute Gasteiger partial charge is 0.355 e. The summed E-state index contributed by atoms with van der Waals surface area (Å²) in [5.41, 5.74) is 0. The van der Waals surface area contributed by atoms with Crippen molar-refractivity contribution >= 4 is 41.7 Å². The molecule has 0 aliphatic carbocycles. The van der Waals surface area contributed by atoms with Gasteiger partial charge in [0.2, 0.25) is 0 Å². The average Bonchev–Trinajstić information content (AvgIpc) is 3.27. The first-order valence-electron chi connectivity index (χ1n) is 8.50. The van der Waals surface area contributed by atoms with Crippen LogP contribution in [0.2, 0.25) is 0 Å². The van der Waals surface area contributed by atoms with E-state index >= 15 is 0 Å². The van der Waals surface area contributed by atoms with E-state index in [0.717, 1.165) is 44.4 Å². The number of guanidine groups is 1. The van der Waals surface area contributed by atoms with E-state index < -0.39 is 0 Å². The number of likely N-dealkylation sites (tertiary alicyclic amines) is 1. The smallest absolute Gasteiger partial charge is 0.193 e. The second kappa shape index (κ2) is 10.4. The minimum atomic E-state index is -0.145. The maximum Gasteiger partial charge on any atom is 0.193 e. The standard InChI is InChI=1S/C18H25FN4S.HI/c1-20-18(21-9-13-24-17-7-3-2-6-16(17)19)23-12-8-15(14-23)22-10-4-5-11-22;/h2-7,15H,8-14H2,1H3,(H,20,21);1H. The fourth-order valence-corrected chi connectivity index (χ4v) is 4.05. The fraction of sp³-hybridized carbons (Fsp3) is 0.500. The summed E-state index contributed by atoms with van der Waals surface area (Å²) < 4.78 is 13.6. The number of rotatable bonds is 5. The summed E-state index contributed by atoms with van der Waals surface area (Å²) in [6.07, 6.45) is 5.68. The zero-order valence-electron chi connectivity index (χ0n) is 14.5. The van der Waals surface area contributed by atoms with E-state index in [1.54, 1.807) is 6.07 Å². The number of halogens is 2. The summed E-state index contributed by atoms with van der Waals surface area (Å²) in [5, 5.41) is 3.41. The van der Waals surface area contributed by atoms with E-state index in [2.05, 4.69) is 32.3 Å². The first kappa shape index (κ1) is 20.5. The van der Waals surface area contributed by atoms with E-state index in [1.807, 2.05) is 19.2 Å². The van der Waals surface area contributed by atoms with Crippen LogP contribution < -0.4 is 5.32 Å². The molecule has 1 atom stereocenters. The van der Waals surface area contributed by atoms with Crippen molar-refractivity contribution in [2.75, 3.05) is 45.5 Å². The predicted molar refractivity (Wildman–Crippen MR) is 115 cm³/mol. The molecule has 7 heteroatoms. The molecule has 138 valence electrons. The summed E-state index contributed by atoms with van der Waals surface area (Å²) in [4.78, 5) is 9.96. The van der Waals surface area contributed by atoms with Crippen molar-refractivity contribution in [1.29, 1.82) is 0 Å². The van der Waals surface area contributed by atoms with Crippen molar-refractivity contribution in [1.82, 2.24) is 15.1 Å². The first-order valence-corrected chi connectivity index (χ1v) is 9.48. The van der Waals surface area contributed by atoms with Gasteiger partial charge in [-0.25, -0.2) is 4.39 Å². The monoisotopic (exact) mass is 476 g/mol. The van der Waals surface area contributed by atoms with Crippen LogP contribution in [0.3, 0.4) is 0 Å². The highest BCUT2D eigenvalue weighted by atomic mass is 127. The van der Waals surface area contributed by atoms with Crippen LogP contribution in [-0.2, 0) is 0 Å². The highest BCUT2D eigenvalue weighted by Crippen LogP contribution is 2.21. The molecule has 2 heterocycles. The van der Waals surface area contributed by atoms with E-state index in [9.17, 15) is 4.39 Å². The maximum atomic E-state index is 13.6. The van der Waals surface area contributed by atoms with Crippen LogP contribution in [0.25, 0.3) is 0 Å². The second-order valence-corrected chi connectivity index (χ2v) is 7.20. The predicted octanol–water partition coefficient (Wildman–Crippen LogP) is 3.06. The third-order valence-corrected chi connectivity index (χ3v) is 5.57. The van der Waals surface area contributed by atoms with Crippen molar-refractivity contribution in [3.63, 3.8) is 0 Å². The van der Waals surface area contributed by atoms with Gasteiger partial charge < -0.3 is 10.2 Å². The SMILES string of the molecule is CN=C(NCCSc1ccccc1F)N1CCC(N2CC=CC2)C1.I. The Kier molecular flexibility index (Phi) is 8.51. The molecule has 1 unspecified atom stereocenters. The topological polar surface area (TPSA) is 30.9 Å². The molecule has 0 bridgehead atoms. The van der Waals surface area contributed by atoms with E-state index in [4.69, 9.17) is 0 Å². The van der Waals surface area contributed by atoms with Gasteiger partial charge >= 0.3 is 0 Å². The number of aliphatic imine (C=N–C) groups is 1. The van der Waals surface area contributed by atoms with Crippen molar-refractivity contribution in [3.8, 4) is 0 Å². The summed E-state index contributed by atoms with van der Waals surface area (Å²) >= 11 is 1.54. The Balaban J connectivity index is 0.00000225. The lowest BCUT2D eigenvalue weighted by Crippen LogP contribution is -2.43. The van der Waals surface area contributed by atoms with Crippen molar-refractivity contribution in [3.05, 3.63) is 42.2 Å². The van der Waals surface area contributed by atoms with Gasteiger partial charge in [0.15, 0.2) is 5.96 Å². The Hall–Kier alpha value is -0.800. The summed E-state index contributed by atoms with van der Waals surface area (Å²) in [6, 6.07) is 7.54. The van der Waals surface area contributed by atoms with Crippen molar-refractivity contribution < 1.29 is 4.39 Å². The minimum absolute atomic E-state index is 0. The Morgan fingerprint density at radius 3 is 2.80 bits per heavy atom. The molecule has 1 fully saturated rings. The van der Waals surface area contributed by atoms with Gasteiger partial charge in [-0.2, -0.15) is 0 Å². The Morgan fingerprint density at radius 1 is 1.32 bits per heavy atom. The van der Waals surface area contributed by atoms with Crippen LogP contribution >= 0.6 is 35.7 Å². The van der Waals surface area contributed by atoms with Gasteiger partial charge in [0.1, 0.15) is 5.82 Å². The molecular weight excluding hydrogens is 450 g/mol. The zero-order chi connectivity index (χ0) is 16.8. The number of benzene rings is 1. The Bertz CT molecular complexity index is 602. The highest BCUT2D eigenvalue weighted by Gasteiger charge is 2.29. The quantitative estimate of drug-likeness (QED) is 0.177. The van der Waals surface area contributed by atoms with Gasteiger partial charge in [0.25, 0.3) is 0 Å². The molecule has 0 amide bonds. The molecule has 25 heavy (non-hydrogen) atoms. The van der Waals surface area contributed by atoms with Gasteiger partial charge in [-0.15, -0.1) is 35.7 Å². The van der Waals surface area contributed by atoms with Gasteiger partial charge in [-0.05, 0) is 18.6 Å². The number of hydrogen-bond donors (Lipinski definition) is 1. The number of nitrogens with zero attached hydrogens (tertiary/aromatic N) is 3. The highest BCUT2D eigenvalue weighted by molar-refractivity contribution is 14.0. The lowest BCUT2D eigenvalue weighted by atomic mass is 10.2. The van der Waals surface area contributed by atoms with Crippen LogP contribution in [0.1, 0.15) is 6.42 Å². The summed E-state index contributed by atoms with van der Waals surface area (Å²) in [5.74, 6) is 1.63. The molecule has 1 aromatic carbocycles. The van der Waals surface area contributed by atoms with Crippen LogP contribution in [-0.4, -0.2) is 67.3 Å². The third-order valence-electron chi connectivity index (χ3n) is 4.52. The average molecular weight is 476 g/mol. The Labute approximate surface area is 171 Å². The molecule has 1 saturated heterocycles. The molecule has 0 radical (unpaired) electrons.